The van der Waals surface area contributed by atoms with E-state index in [0.717, 1.165) is 0 Å². The fourth-order valence-electron chi connectivity index (χ4n) is 3.27. The zero-order valence-electron chi connectivity index (χ0n) is 19.4. The molecule has 2 atom stereocenters. The first-order chi connectivity index (χ1) is 16.8. The lowest BCUT2D eigenvalue weighted by Gasteiger charge is -2.44. The third kappa shape index (κ3) is 5.15. The van der Waals surface area contributed by atoms with Crippen LogP contribution in [0.3, 0.4) is 0 Å². The van der Waals surface area contributed by atoms with Gasteiger partial charge in [-0.15, -0.1) is 0 Å². The molecule has 1 N–H and O–H groups in total. The minimum absolute atomic E-state index is 0.0445. The summed E-state index contributed by atoms with van der Waals surface area (Å²) in [6.07, 6.45) is -15.2. The summed E-state index contributed by atoms with van der Waals surface area (Å²) in [6.45, 7) is 2.88. The van der Waals surface area contributed by atoms with E-state index in [9.17, 15) is 84.5 Å². The Morgan fingerprint density at radius 3 is 1.41 bits per heavy atom. The summed E-state index contributed by atoms with van der Waals surface area (Å²) in [6, 6.07) is -2.67. The Bertz CT molecular complexity index is 910. The maximum Gasteiger partial charge on any atom is 0.460 e. The minimum Gasteiger partial charge on any atom is -0.444 e. The van der Waals surface area contributed by atoms with Crippen LogP contribution in [0, 0.1) is 0 Å². The number of rotatable bonds is 8. The molecule has 0 spiro atoms. The van der Waals surface area contributed by atoms with Crippen molar-refractivity contribution in [3.63, 3.8) is 0 Å². The van der Waals surface area contributed by atoms with E-state index >= 15 is 0 Å². The van der Waals surface area contributed by atoms with Crippen LogP contribution in [0.1, 0.15) is 33.6 Å². The molecule has 0 radical (unpaired) electrons. The molecule has 0 bridgehead atoms. The first-order valence-electron chi connectivity index (χ1n) is 10.2. The van der Waals surface area contributed by atoms with Gasteiger partial charge in [-0.1, -0.05) is 0 Å². The van der Waals surface area contributed by atoms with Gasteiger partial charge in [-0.3, -0.25) is 0 Å². The predicted molar refractivity (Wildman–Crippen MR) is 92.7 cm³/mol. The highest BCUT2D eigenvalue weighted by molar-refractivity contribution is 5.69. The number of hydrogen-bond acceptors (Lipinski definition) is 3. The van der Waals surface area contributed by atoms with Crippen LogP contribution in [0.2, 0.25) is 0 Å². The van der Waals surface area contributed by atoms with Crippen molar-refractivity contribution < 1.29 is 89.3 Å². The Morgan fingerprint density at radius 1 is 0.692 bits per heavy atom. The van der Waals surface area contributed by atoms with Crippen LogP contribution in [-0.4, -0.2) is 88.0 Å². The lowest BCUT2D eigenvalue weighted by atomic mass is 9.86. The fourth-order valence-corrected chi connectivity index (χ4v) is 3.27. The molecule has 0 aliphatic carbocycles. The van der Waals surface area contributed by atoms with Gasteiger partial charge in [0, 0.05) is 6.54 Å². The number of hydrogen-bond donors (Lipinski definition) is 1. The second-order valence-corrected chi connectivity index (χ2v) is 9.40. The first-order valence-corrected chi connectivity index (χ1v) is 10.2. The van der Waals surface area contributed by atoms with Crippen molar-refractivity contribution in [2.45, 2.75) is 99.0 Å². The number of nitrogens with zero attached hydrogens (tertiary/aromatic N) is 1. The van der Waals surface area contributed by atoms with Crippen molar-refractivity contribution in [2.75, 3.05) is 6.54 Å². The van der Waals surface area contributed by atoms with E-state index in [-0.39, 0.29) is 4.90 Å². The highest BCUT2D eigenvalue weighted by Crippen LogP contribution is 2.64. The van der Waals surface area contributed by atoms with Crippen molar-refractivity contribution in [1.82, 2.24) is 4.90 Å². The maximum absolute atomic E-state index is 14.4. The number of aliphatic hydroxyl groups excluding tert-OH is 1. The van der Waals surface area contributed by atoms with E-state index < -0.39 is 90.9 Å². The SMILES string of the molecule is CC(C)(C)OC(=O)N1CCC[C@H]1[C@@H](O)C(F)(F)C(F)(F)C(F)(F)C(F)(F)C(F)(F)C(F)(F)C(F)(F)C(F)(F)F. The molecule has 1 saturated heterocycles. The summed E-state index contributed by atoms with van der Waals surface area (Å²) >= 11 is 0. The molecule has 1 amide bonds. The second kappa shape index (κ2) is 9.56. The molecule has 1 heterocycles. The Hall–Kier alpha value is -1.96. The van der Waals surface area contributed by atoms with Crippen molar-refractivity contribution in [1.29, 1.82) is 0 Å². The van der Waals surface area contributed by atoms with E-state index in [4.69, 9.17) is 4.74 Å². The topological polar surface area (TPSA) is 49.8 Å². The lowest BCUT2D eigenvalue weighted by Crippen LogP contribution is -2.75. The number of alkyl halides is 17. The van der Waals surface area contributed by atoms with Crippen molar-refractivity contribution in [3.8, 4) is 0 Å². The molecule has 0 aromatic rings. The largest absolute Gasteiger partial charge is 0.460 e. The molecular weight excluding hydrogens is 601 g/mol. The molecule has 4 nitrogen and oxygen atoms in total. The normalized spacial score (nSPS) is 20.3. The minimum atomic E-state index is -8.76. The average molecular weight is 619 g/mol. The molecule has 0 unspecified atom stereocenters. The van der Waals surface area contributed by atoms with Crippen LogP contribution < -0.4 is 0 Å². The van der Waals surface area contributed by atoms with Crippen molar-refractivity contribution >= 4 is 6.09 Å². The van der Waals surface area contributed by atoms with Gasteiger partial charge in [-0.2, -0.15) is 74.6 Å². The van der Waals surface area contributed by atoms with Gasteiger partial charge in [0.05, 0.1) is 6.04 Å². The van der Waals surface area contributed by atoms with E-state index in [2.05, 4.69) is 0 Å². The smallest absolute Gasteiger partial charge is 0.444 e. The van der Waals surface area contributed by atoms with Crippen LogP contribution in [-0.2, 0) is 4.74 Å². The summed E-state index contributed by atoms with van der Waals surface area (Å²) in [5.41, 5.74) is -1.41. The summed E-state index contributed by atoms with van der Waals surface area (Å²) in [7, 11) is 0. The molecule has 1 aliphatic heterocycles. The molecule has 1 aliphatic rings. The Balaban J connectivity index is 3.57. The van der Waals surface area contributed by atoms with E-state index in [1.54, 1.807) is 0 Å². The highest BCUT2D eigenvalue weighted by atomic mass is 19.4. The predicted octanol–water partition coefficient (Wildman–Crippen LogP) is 6.76. The number of carbonyl (C=O) groups excluding carboxylic acids is 1. The van der Waals surface area contributed by atoms with E-state index in [0.29, 0.717) is 0 Å². The molecule has 1 rings (SSSR count). The molecule has 232 valence electrons. The Kier molecular flexibility index (Phi) is 8.59. The lowest BCUT2D eigenvalue weighted by molar-refractivity contribution is -0.464. The fraction of sp³-hybridized carbons (Fsp3) is 0.944. The number of carbonyl (C=O) groups is 1. The van der Waals surface area contributed by atoms with Crippen LogP contribution in [0.4, 0.5) is 79.4 Å². The Labute approximate surface area is 207 Å². The van der Waals surface area contributed by atoms with E-state index in [1.807, 2.05) is 0 Å². The number of halogens is 17. The summed E-state index contributed by atoms with van der Waals surface area (Å²) < 4.78 is 233. The zero-order chi connectivity index (χ0) is 31.6. The quantitative estimate of drug-likeness (QED) is 0.306. The van der Waals surface area contributed by atoms with Crippen molar-refractivity contribution in [3.05, 3.63) is 0 Å². The molecule has 39 heavy (non-hydrogen) atoms. The van der Waals surface area contributed by atoms with Gasteiger partial charge in [-0.05, 0) is 33.6 Å². The van der Waals surface area contributed by atoms with Gasteiger partial charge < -0.3 is 14.7 Å². The first kappa shape index (κ1) is 35.1. The van der Waals surface area contributed by atoms with Gasteiger partial charge in [0.15, 0.2) is 0 Å². The standard InChI is InChI=1S/C18H18F17NO3/c1-10(2,3)39-9(38)36-6-4-5-7(36)8(37)11(19,20)12(21,22)13(23,24)14(25,26)15(27,28)16(29,30)17(31,32)18(33,34)35/h7-8,37H,4-6H2,1-3H3/t7-,8+/m0/s1. The van der Waals surface area contributed by atoms with Crippen LogP contribution >= 0.6 is 0 Å². The van der Waals surface area contributed by atoms with Gasteiger partial charge in [0.1, 0.15) is 11.7 Å². The van der Waals surface area contributed by atoms with Gasteiger partial charge in [0.2, 0.25) is 0 Å². The van der Waals surface area contributed by atoms with Crippen LogP contribution in [0.5, 0.6) is 0 Å². The second-order valence-electron chi connectivity index (χ2n) is 9.40. The third-order valence-corrected chi connectivity index (χ3v) is 5.41. The third-order valence-electron chi connectivity index (χ3n) is 5.41. The molecular formula is C18H18F17NO3. The maximum atomic E-state index is 14.4. The number of amides is 1. The number of ether oxygens (including phenoxy) is 1. The molecule has 21 heteroatoms. The summed E-state index contributed by atoms with van der Waals surface area (Å²) in [4.78, 5) is 12.1. The van der Waals surface area contributed by atoms with Crippen molar-refractivity contribution in [2.24, 2.45) is 0 Å². The highest BCUT2D eigenvalue weighted by Gasteiger charge is 2.95. The van der Waals surface area contributed by atoms with Gasteiger partial charge in [-0.25, -0.2) is 4.79 Å². The molecule has 0 saturated carbocycles. The zero-order valence-corrected chi connectivity index (χ0v) is 19.4. The molecule has 0 aromatic heterocycles. The number of aliphatic hydroxyl groups is 1. The Morgan fingerprint density at radius 2 is 1.05 bits per heavy atom. The monoisotopic (exact) mass is 619 g/mol. The van der Waals surface area contributed by atoms with Gasteiger partial charge in [0.25, 0.3) is 0 Å². The van der Waals surface area contributed by atoms with Gasteiger partial charge >= 0.3 is 53.7 Å². The molecule has 1 fully saturated rings. The van der Waals surface area contributed by atoms with Crippen LogP contribution in [0.15, 0.2) is 0 Å². The summed E-state index contributed by atoms with van der Waals surface area (Å²) in [5.74, 6) is -58.0. The summed E-state index contributed by atoms with van der Waals surface area (Å²) in [5, 5.41) is 9.70. The van der Waals surface area contributed by atoms with E-state index in [1.165, 1.54) is 20.8 Å². The van der Waals surface area contributed by atoms with Crippen LogP contribution in [0.25, 0.3) is 0 Å². The average Bonchev–Trinajstić information content (AvgIpc) is 3.20. The number of likely N-dealkylation sites (tertiary alicyclic amines) is 1. The molecule has 0 aromatic carbocycles.